The van der Waals surface area contributed by atoms with Crippen LogP contribution in [0.5, 0.6) is 0 Å². The van der Waals surface area contributed by atoms with E-state index in [1.807, 2.05) is 12.1 Å². The highest BCUT2D eigenvalue weighted by molar-refractivity contribution is 5.80. The fraction of sp³-hybridized carbons (Fsp3) is 0.560. The molecule has 1 aromatic heterocycles. The summed E-state index contributed by atoms with van der Waals surface area (Å²) in [6.45, 7) is 6.96. The predicted octanol–water partition coefficient (Wildman–Crippen LogP) is 3.10. The van der Waals surface area contributed by atoms with Gasteiger partial charge in [-0.25, -0.2) is 0 Å². The van der Waals surface area contributed by atoms with Gasteiger partial charge in [-0.15, -0.1) is 0 Å². The zero-order chi connectivity index (χ0) is 21.1. The van der Waals surface area contributed by atoms with Crippen molar-refractivity contribution in [2.75, 3.05) is 45.9 Å². The summed E-state index contributed by atoms with van der Waals surface area (Å²) in [6, 6.07) is 15.0. The maximum atomic E-state index is 5.54. The van der Waals surface area contributed by atoms with Crippen LogP contribution in [0.1, 0.15) is 30.6 Å². The molecular formula is C25H36N4O2. The van der Waals surface area contributed by atoms with E-state index in [0.29, 0.717) is 12.6 Å². The first-order valence-corrected chi connectivity index (χ1v) is 11.8. The molecule has 2 N–H and O–H groups in total. The summed E-state index contributed by atoms with van der Waals surface area (Å²) in [5.41, 5.74) is 1.34. The zero-order valence-corrected chi connectivity index (χ0v) is 18.5. The predicted molar refractivity (Wildman–Crippen MR) is 124 cm³/mol. The lowest BCUT2D eigenvalue weighted by atomic mass is 10.0. The van der Waals surface area contributed by atoms with E-state index in [9.17, 15) is 0 Å². The lowest BCUT2D eigenvalue weighted by Gasteiger charge is -2.34. The first-order chi connectivity index (χ1) is 15.3. The highest BCUT2D eigenvalue weighted by Gasteiger charge is 2.24. The fourth-order valence-electron chi connectivity index (χ4n) is 4.40. The first kappa shape index (κ1) is 21.9. The summed E-state index contributed by atoms with van der Waals surface area (Å²) < 4.78 is 11.0. The molecule has 3 heterocycles. The fourth-order valence-corrected chi connectivity index (χ4v) is 4.40. The highest BCUT2D eigenvalue weighted by atomic mass is 16.5. The normalized spacial score (nSPS) is 20.8. The number of hydrogen-bond donors (Lipinski definition) is 2. The molecule has 1 aromatic carbocycles. The molecule has 4 rings (SSSR count). The molecule has 1 unspecified atom stereocenters. The molecule has 0 radical (unpaired) electrons. The van der Waals surface area contributed by atoms with Gasteiger partial charge in [-0.3, -0.25) is 4.99 Å². The molecule has 0 spiro atoms. The summed E-state index contributed by atoms with van der Waals surface area (Å²) in [5, 5.41) is 7.24. The summed E-state index contributed by atoms with van der Waals surface area (Å²) in [6.07, 6.45) is 7.07. The maximum Gasteiger partial charge on any atom is 0.191 e. The van der Waals surface area contributed by atoms with Crippen molar-refractivity contribution in [3.05, 3.63) is 60.1 Å². The van der Waals surface area contributed by atoms with E-state index in [1.54, 1.807) is 6.26 Å². The van der Waals surface area contributed by atoms with Gasteiger partial charge < -0.3 is 24.7 Å². The zero-order valence-electron chi connectivity index (χ0n) is 18.5. The Morgan fingerprint density at radius 2 is 1.90 bits per heavy atom. The molecule has 0 bridgehead atoms. The van der Waals surface area contributed by atoms with E-state index in [-0.39, 0.29) is 0 Å². The molecule has 1 atom stereocenters. The number of ether oxygens (including phenoxy) is 1. The quantitative estimate of drug-likeness (QED) is 0.478. The van der Waals surface area contributed by atoms with Gasteiger partial charge in [-0.1, -0.05) is 30.3 Å². The van der Waals surface area contributed by atoms with Crippen molar-refractivity contribution in [2.24, 2.45) is 10.9 Å². The minimum absolute atomic E-state index is 0.475. The van der Waals surface area contributed by atoms with Crippen LogP contribution in [0.25, 0.3) is 0 Å². The van der Waals surface area contributed by atoms with Crippen LogP contribution in [0.15, 0.2) is 58.1 Å². The van der Waals surface area contributed by atoms with Crippen molar-refractivity contribution in [2.45, 2.75) is 38.1 Å². The van der Waals surface area contributed by atoms with E-state index in [2.05, 4.69) is 45.9 Å². The van der Waals surface area contributed by atoms with Gasteiger partial charge in [-0.2, -0.15) is 0 Å². The van der Waals surface area contributed by atoms with Crippen LogP contribution in [0.4, 0.5) is 0 Å². The molecular weight excluding hydrogens is 388 g/mol. The second-order valence-electron chi connectivity index (χ2n) is 8.67. The average molecular weight is 425 g/mol. The number of nitrogens with one attached hydrogen (secondary N) is 2. The van der Waals surface area contributed by atoms with E-state index >= 15 is 0 Å². The van der Waals surface area contributed by atoms with E-state index < -0.39 is 0 Å². The van der Waals surface area contributed by atoms with Gasteiger partial charge >= 0.3 is 0 Å². The number of guanidine groups is 1. The molecule has 0 amide bonds. The molecule has 6 heteroatoms. The van der Waals surface area contributed by atoms with Crippen LogP contribution in [0, 0.1) is 5.92 Å². The third-order valence-electron chi connectivity index (χ3n) is 6.23. The molecule has 2 fully saturated rings. The number of nitrogens with zero attached hydrogens (tertiary/aromatic N) is 2. The minimum Gasteiger partial charge on any atom is -0.469 e. The Balaban J connectivity index is 1.25. The Hall–Kier alpha value is -2.31. The molecule has 2 aromatic rings. The Morgan fingerprint density at radius 1 is 1.03 bits per heavy atom. The monoisotopic (exact) mass is 424 g/mol. The van der Waals surface area contributed by atoms with Crippen molar-refractivity contribution in [3.8, 4) is 0 Å². The van der Waals surface area contributed by atoms with Crippen molar-refractivity contribution in [1.29, 1.82) is 0 Å². The van der Waals surface area contributed by atoms with Gasteiger partial charge in [0, 0.05) is 51.8 Å². The Kier molecular flexibility index (Phi) is 8.42. The van der Waals surface area contributed by atoms with E-state index in [0.717, 1.165) is 76.2 Å². The van der Waals surface area contributed by atoms with Gasteiger partial charge in [0.1, 0.15) is 5.76 Å². The molecule has 0 aliphatic carbocycles. The smallest absolute Gasteiger partial charge is 0.191 e. The highest BCUT2D eigenvalue weighted by Crippen LogP contribution is 2.17. The number of benzene rings is 1. The maximum absolute atomic E-state index is 5.54. The SMILES string of the molecule is c1ccc(CCNC(=NCCc2ccco2)NC2CCN(CC3CCOC3)CC2)cc1. The molecule has 2 aliphatic rings. The van der Waals surface area contributed by atoms with Crippen LogP contribution in [0.2, 0.25) is 0 Å². The summed E-state index contributed by atoms with van der Waals surface area (Å²) in [4.78, 5) is 7.44. The second-order valence-corrected chi connectivity index (χ2v) is 8.67. The van der Waals surface area contributed by atoms with Crippen LogP contribution in [-0.4, -0.2) is 62.8 Å². The van der Waals surface area contributed by atoms with E-state index in [1.165, 1.54) is 18.5 Å². The number of piperidine rings is 1. The summed E-state index contributed by atoms with van der Waals surface area (Å²) in [5.74, 6) is 2.63. The van der Waals surface area contributed by atoms with Gasteiger partial charge in [0.25, 0.3) is 0 Å². The number of furan rings is 1. The third-order valence-corrected chi connectivity index (χ3v) is 6.23. The molecule has 2 saturated heterocycles. The van der Waals surface area contributed by atoms with Crippen LogP contribution in [0.3, 0.4) is 0 Å². The van der Waals surface area contributed by atoms with Crippen molar-refractivity contribution in [1.82, 2.24) is 15.5 Å². The Labute approximate surface area is 186 Å². The van der Waals surface area contributed by atoms with Gasteiger partial charge in [0.05, 0.1) is 12.9 Å². The number of rotatable bonds is 9. The molecule has 6 nitrogen and oxygen atoms in total. The number of likely N-dealkylation sites (tertiary alicyclic amines) is 1. The Bertz CT molecular complexity index is 764. The van der Waals surface area contributed by atoms with Crippen molar-refractivity contribution >= 4 is 5.96 Å². The first-order valence-electron chi connectivity index (χ1n) is 11.8. The second kappa shape index (κ2) is 11.9. The van der Waals surface area contributed by atoms with Crippen LogP contribution in [-0.2, 0) is 17.6 Å². The lowest BCUT2D eigenvalue weighted by Crippen LogP contribution is -2.49. The van der Waals surface area contributed by atoms with Crippen molar-refractivity contribution < 1.29 is 9.15 Å². The summed E-state index contributed by atoms with van der Waals surface area (Å²) >= 11 is 0. The largest absolute Gasteiger partial charge is 0.469 e. The van der Waals surface area contributed by atoms with Crippen molar-refractivity contribution in [3.63, 3.8) is 0 Å². The van der Waals surface area contributed by atoms with Gasteiger partial charge in [0.15, 0.2) is 5.96 Å². The van der Waals surface area contributed by atoms with E-state index in [4.69, 9.17) is 14.1 Å². The summed E-state index contributed by atoms with van der Waals surface area (Å²) in [7, 11) is 0. The lowest BCUT2D eigenvalue weighted by molar-refractivity contribution is 0.150. The third kappa shape index (κ3) is 7.40. The Morgan fingerprint density at radius 3 is 2.65 bits per heavy atom. The van der Waals surface area contributed by atoms with Gasteiger partial charge in [0.2, 0.25) is 0 Å². The van der Waals surface area contributed by atoms with Gasteiger partial charge in [-0.05, 0) is 49.3 Å². The standard InChI is InChI=1S/C25H36N4O2/c1-2-5-21(6-3-1)8-13-26-25(27-14-9-24-7-4-17-31-24)28-23-10-15-29(16-11-23)19-22-12-18-30-20-22/h1-7,17,22-23H,8-16,18-20H2,(H2,26,27,28). The minimum atomic E-state index is 0.475. The van der Waals surface area contributed by atoms with Crippen LogP contribution < -0.4 is 10.6 Å². The molecule has 31 heavy (non-hydrogen) atoms. The molecule has 2 aliphatic heterocycles. The molecule has 0 saturated carbocycles. The van der Waals surface area contributed by atoms with Crippen LogP contribution >= 0.6 is 0 Å². The molecule has 168 valence electrons. The number of aliphatic imine (C=N–C) groups is 1. The number of hydrogen-bond acceptors (Lipinski definition) is 4. The average Bonchev–Trinajstić information content (AvgIpc) is 3.50. The topological polar surface area (TPSA) is 62.0 Å².